The molecule has 26 nitrogen and oxygen atoms in total. The number of H-pyrrole nitrogens is 1. The van der Waals surface area contributed by atoms with E-state index in [1.54, 1.807) is 0 Å². The van der Waals surface area contributed by atoms with Crippen LogP contribution in [0.4, 0.5) is 0 Å². The number of methoxy groups -OCH3 is 1. The zero-order chi connectivity index (χ0) is 40.4. The highest BCUT2D eigenvalue weighted by atomic mass is 31.3. The van der Waals surface area contributed by atoms with Crippen molar-refractivity contribution >= 4 is 33.4 Å². The van der Waals surface area contributed by atoms with Gasteiger partial charge in [-0.25, -0.2) is 18.7 Å². The maximum absolute atomic E-state index is 12.6. The molecule has 28 heteroatoms. The van der Waals surface area contributed by atoms with Gasteiger partial charge in [-0.3, -0.25) is 33.0 Å². The van der Waals surface area contributed by atoms with E-state index in [4.69, 9.17) is 18.9 Å². The van der Waals surface area contributed by atoms with Gasteiger partial charge < -0.3 is 70.0 Å². The Hall–Kier alpha value is -3.01. The lowest BCUT2D eigenvalue weighted by molar-refractivity contribution is -0.273. The van der Waals surface area contributed by atoms with Crippen molar-refractivity contribution in [2.45, 2.75) is 80.5 Å². The maximum Gasteiger partial charge on any atom is 0.483 e. The lowest BCUT2D eigenvalue weighted by Gasteiger charge is -2.40. The van der Waals surface area contributed by atoms with Crippen molar-refractivity contribution in [1.29, 1.82) is 0 Å². The van der Waals surface area contributed by atoms with Crippen LogP contribution < -0.4 is 21.9 Å². The summed E-state index contributed by atoms with van der Waals surface area (Å²) in [5.74, 6) is -2.93. The third-order valence-corrected chi connectivity index (χ3v) is 10.3. The molecular weight excluding hydrogens is 782 g/mol. The summed E-state index contributed by atoms with van der Waals surface area (Å²) in [6.07, 6.45) is -17.4. The summed E-state index contributed by atoms with van der Waals surface area (Å²) < 4.78 is 59.5. The molecule has 2 amide bonds. The van der Waals surface area contributed by atoms with E-state index < -0.39 is 126 Å². The molecule has 0 aromatic carbocycles. The van der Waals surface area contributed by atoms with Crippen molar-refractivity contribution in [3.05, 3.63) is 33.1 Å². The number of aliphatic hydroxyl groups is 5. The Kier molecular flexibility index (Phi) is 17.0. The molecule has 1 aromatic heterocycles. The van der Waals surface area contributed by atoms with Crippen LogP contribution in [0, 0.1) is 0 Å². The first-order valence-electron chi connectivity index (χ1n) is 15.8. The number of hydrogen-bond acceptors (Lipinski definition) is 19. The van der Waals surface area contributed by atoms with Gasteiger partial charge in [0.05, 0.1) is 26.4 Å². The Morgan fingerprint density at radius 2 is 1.59 bits per heavy atom. The topological polar surface area (TPSA) is 391 Å². The molecule has 7 unspecified atom stereocenters. The van der Waals surface area contributed by atoms with Crippen molar-refractivity contribution in [2.75, 3.05) is 40.1 Å². The molecule has 2 fully saturated rings. The Morgan fingerprint density at radius 3 is 2.24 bits per heavy atom. The van der Waals surface area contributed by atoms with E-state index >= 15 is 0 Å². The zero-order valence-electron chi connectivity index (χ0n) is 28.2. The third-order valence-electron chi connectivity index (χ3n) is 7.68. The number of hydrogen-bond donors (Lipinski definition) is 11. The lowest BCUT2D eigenvalue weighted by atomic mass is 9.99. The molecule has 0 aliphatic carbocycles. The largest absolute Gasteiger partial charge is 0.483 e. The molecule has 2 aliphatic heterocycles. The predicted molar refractivity (Wildman–Crippen MR) is 171 cm³/mol. The van der Waals surface area contributed by atoms with E-state index in [-0.39, 0.29) is 32.7 Å². The normalized spacial score (nSPS) is 29.8. The second kappa shape index (κ2) is 20.2. The number of amides is 2. The molecule has 0 bridgehead atoms. The number of aromatic amines is 1. The minimum absolute atomic E-state index is 0.0122. The number of rotatable bonds is 21. The van der Waals surface area contributed by atoms with Crippen molar-refractivity contribution in [1.82, 2.24) is 20.2 Å². The van der Waals surface area contributed by atoms with Gasteiger partial charge in [-0.05, 0) is 6.42 Å². The fourth-order valence-electron chi connectivity index (χ4n) is 4.88. The third kappa shape index (κ3) is 13.3. The predicted octanol–water partition coefficient (Wildman–Crippen LogP) is -5.27. The number of nitrogens with zero attached hydrogens (tertiary/aromatic N) is 1. The number of ether oxygens (including phenoxy) is 4. The van der Waals surface area contributed by atoms with Gasteiger partial charge in [0, 0.05) is 38.8 Å². The Bertz CT molecular complexity index is 1640. The number of aliphatic carboxylic acids is 1. The van der Waals surface area contributed by atoms with E-state index in [1.165, 1.54) is 7.11 Å². The Morgan fingerprint density at radius 1 is 0.907 bits per heavy atom. The van der Waals surface area contributed by atoms with Crippen LogP contribution in [0.3, 0.4) is 0 Å². The molecule has 2 saturated heterocycles. The van der Waals surface area contributed by atoms with Crippen LogP contribution in [0.2, 0.25) is 0 Å². The summed E-state index contributed by atoms with van der Waals surface area (Å²) in [5, 5.41) is 65.3. The summed E-state index contributed by atoms with van der Waals surface area (Å²) >= 11 is 0. The molecule has 1 aromatic rings. The summed E-state index contributed by atoms with van der Waals surface area (Å²) in [4.78, 5) is 81.4. The number of carboxylic acid groups (broad SMARTS) is 1. The quantitative estimate of drug-likeness (QED) is 0.0407. The van der Waals surface area contributed by atoms with Crippen LogP contribution in [0.5, 0.6) is 0 Å². The van der Waals surface area contributed by atoms with Gasteiger partial charge in [-0.15, -0.1) is 0 Å². The highest BCUT2D eigenvalue weighted by Gasteiger charge is 2.50. The summed E-state index contributed by atoms with van der Waals surface area (Å²) in [6, 6.07) is -0.561. The van der Waals surface area contributed by atoms with Crippen LogP contribution in [0.15, 0.2) is 21.9 Å². The van der Waals surface area contributed by atoms with Crippen molar-refractivity contribution in [3.8, 4) is 0 Å². The standard InChI is InChI=1S/C26H42N4O22P2/c1-46-8-9-47-7-5-17(33)28-12(24(39)40)2-3-15(31)27-10-13-18(34)20(36)22(38)25(50-13)51-54(44,45)52-53(42,43)48-11-14-19(35)21(37)23(49-14)30-6-4-16(32)29-26(30)41/h4,6,12-14,18-23,25,34-38H,2-3,5,7-11H2,1H3,(H,27,31)(H,28,33)(H,39,40)(H,42,43)(H,44,45)(H,29,32,41)/t12?,13?,14-,18+,19+,20+,21?,22?,23-,25?/m1/s1. The molecule has 3 heterocycles. The number of carboxylic acids is 1. The van der Waals surface area contributed by atoms with Crippen LogP contribution in [0.25, 0.3) is 0 Å². The molecule has 2 aliphatic rings. The van der Waals surface area contributed by atoms with Crippen molar-refractivity contribution in [3.63, 3.8) is 0 Å². The van der Waals surface area contributed by atoms with E-state index in [0.717, 1.165) is 12.3 Å². The SMILES string of the molecule is COCCOCCC(=O)NC(CCC(=O)NCC1OC(OP(=O)(O)OP(=O)(O)OC[C@H]2O[C@@H](n3ccc(=O)[nH]c3=O)C(O)[C@H]2O)C(O)[C@@H](O)[C@H]1O)C(=O)O. The maximum atomic E-state index is 12.6. The smallest absolute Gasteiger partial charge is 0.480 e. The fraction of sp³-hybridized carbons (Fsp3) is 0.731. The van der Waals surface area contributed by atoms with E-state index in [1.807, 2.05) is 4.98 Å². The second-order valence-corrected chi connectivity index (χ2v) is 14.7. The molecule has 54 heavy (non-hydrogen) atoms. The summed E-state index contributed by atoms with van der Waals surface area (Å²) in [7, 11) is -9.96. The molecule has 11 N–H and O–H groups in total. The van der Waals surface area contributed by atoms with Gasteiger partial charge in [0.1, 0.15) is 48.8 Å². The van der Waals surface area contributed by atoms with Gasteiger partial charge in [0.25, 0.3) is 5.56 Å². The van der Waals surface area contributed by atoms with Crippen LogP contribution in [-0.2, 0) is 55.8 Å². The molecule has 0 saturated carbocycles. The highest BCUT2D eigenvalue weighted by Crippen LogP contribution is 2.61. The molecule has 0 radical (unpaired) electrons. The van der Waals surface area contributed by atoms with Gasteiger partial charge in [-0.2, -0.15) is 4.31 Å². The number of aliphatic hydroxyl groups excluding tert-OH is 5. The first-order chi connectivity index (χ1) is 25.2. The number of carbonyl (C=O) groups is 3. The molecule has 0 spiro atoms. The molecular formula is C26H42N4O22P2. The van der Waals surface area contributed by atoms with Crippen molar-refractivity contribution < 1.29 is 96.2 Å². The number of nitrogens with one attached hydrogen (secondary N) is 3. The fourth-order valence-corrected chi connectivity index (χ4v) is 7.04. The lowest BCUT2D eigenvalue weighted by Crippen LogP contribution is -2.60. The van der Waals surface area contributed by atoms with Crippen LogP contribution in [-0.4, -0.2) is 163 Å². The van der Waals surface area contributed by atoms with E-state index in [2.05, 4.69) is 24.0 Å². The second-order valence-electron chi connectivity index (χ2n) is 11.7. The van der Waals surface area contributed by atoms with E-state index in [0.29, 0.717) is 4.57 Å². The minimum atomic E-state index is -5.78. The van der Waals surface area contributed by atoms with Gasteiger partial charge in [-0.1, -0.05) is 0 Å². The monoisotopic (exact) mass is 824 g/mol. The summed E-state index contributed by atoms with van der Waals surface area (Å²) in [5.41, 5.74) is -1.81. The Balaban J connectivity index is 1.51. The average molecular weight is 825 g/mol. The van der Waals surface area contributed by atoms with Gasteiger partial charge >= 0.3 is 27.3 Å². The van der Waals surface area contributed by atoms with Gasteiger partial charge in [0.2, 0.25) is 11.8 Å². The number of phosphoric acid groups is 2. The van der Waals surface area contributed by atoms with Crippen LogP contribution in [0.1, 0.15) is 25.5 Å². The van der Waals surface area contributed by atoms with Crippen molar-refractivity contribution in [2.24, 2.45) is 0 Å². The highest BCUT2D eigenvalue weighted by molar-refractivity contribution is 7.61. The van der Waals surface area contributed by atoms with Crippen LogP contribution >= 0.6 is 15.6 Å². The number of phosphoric ester groups is 2. The summed E-state index contributed by atoms with van der Waals surface area (Å²) in [6.45, 7) is -1.26. The first-order valence-corrected chi connectivity index (χ1v) is 18.8. The Labute approximate surface area is 303 Å². The van der Waals surface area contributed by atoms with Gasteiger partial charge in [0.15, 0.2) is 12.5 Å². The number of carbonyl (C=O) groups excluding carboxylic acids is 2. The molecule has 12 atom stereocenters. The molecule has 308 valence electrons. The molecule has 3 rings (SSSR count). The van der Waals surface area contributed by atoms with E-state index in [9.17, 15) is 73.5 Å². The minimum Gasteiger partial charge on any atom is -0.480 e. The zero-order valence-corrected chi connectivity index (χ0v) is 30.0. The number of aromatic nitrogens is 2. The average Bonchev–Trinajstić information content (AvgIpc) is 3.36. The first kappa shape index (κ1) is 45.4.